The average Bonchev–Trinajstić information content (AvgIpc) is 3.83. The number of nitrogens with zero attached hydrogens (tertiary/aromatic N) is 2. The van der Waals surface area contributed by atoms with Crippen LogP contribution in [-0.2, 0) is 0 Å². The first-order chi connectivity index (χ1) is 29.2. The molecular formula is C57H42N2. The quantitative estimate of drug-likeness (QED) is 0.150. The Kier molecular flexibility index (Phi) is 9.29. The van der Waals surface area contributed by atoms with E-state index in [2.05, 4.69) is 234 Å². The van der Waals surface area contributed by atoms with Gasteiger partial charge in [0.2, 0.25) is 0 Å². The lowest BCUT2D eigenvalue weighted by Crippen LogP contribution is -1.96. The number of hydrogen-bond acceptors (Lipinski definition) is 0. The molecule has 0 bridgehead atoms. The van der Waals surface area contributed by atoms with Crippen LogP contribution in [0.5, 0.6) is 0 Å². The number of rotatable bonds is 6. The second kappa shape index (κ2) is 15.3. The van der Waals surface area contributed by atoms with Gasteiger partial charge in [-0.3, -0.25) is 0 Å². The predicted octanol–water partition coefficient (Wildman–Crippen LogP) is 15.7. The number of hydrogen-bond donors (Lipinski definition) is 0. The van der Waals surface area contributed by atoms with Gasteiger partial charge in [-0.25, -0.2) is 0 Å². The highest BCUT2D eigenvalue weighted by atomic mass is 15.0. The molecule has 2 heterocycles. The van der Waals surface area contributed by atoms with Gasteiger partial charge in [0.25, 0.3) is 0 Å². The number of benzene rings is 9. The van der Waals surface area contributed by atoms with E-state index < -0.39 is 0 Å². The molecule has 59 heavy (non-hydrogen) atoms. The molecule has 280 valence electrons. The van der Waals surface area contributed by atoms with Crippen LogP contribution in [0, 0.1) is 0 Å². The molecule has 11 rings (SSSR count). The summed E-state index contributed by atoms with van der Waals surface area (Å²) in [5, 5.41) is 4.99. The lowest BCUT2D eigenvalue weighted by atomic mass is 9.93. The zero-order valence-electron chi connectivity index (χ0n) is 33.0. The van der Waals surface area contributed by atoms with Gasteiger partial charge in [0.1, 0.15) is 0 Å². The van der Waals surface area contributed by atoms with E-state index in [1.165, 1.54) is 93.8 Å². The first-order valence-electron chi connectivity index (χ1n) is 20.2. The number of aromatic nitrogens is 2. The van der Waals surface area contributed by atoms with Crippen LogP contribution < -0.4 is 0 Å². The summed E-state index contributed by atoms with van der Waals surface area (Å²) >= 11 is 0. The lowest BCUT2D eigenvalue weighted by molar-refractivity contribution is 1.18. The van der Waals surface area contributed by atoms with Gasteiger partial charge in [-0.05, 0) is 113 Å². The molecule has 2 heteroatoms. The van der Waals surface area contributed by atoms with Gasteiger partial charge >= 0.3 is 0 Å². The number of para-hydroxylation sites is 4. The fraction of sp³-hybridized carbons (Fsp3) is 0.0175. The maximum absolute atomic E-state index is 3.36. The summed E-state index contributed by atoms with van der Waals surface area (Å²) in [6.07, 6.45) is 1.75. The van der Waals surface area contributed by atoms with E-state index in [1.807, 2.05) is 6.92 Å². The summed E-state index contributed by atoms with van der Waals surface area (Å²) < 4.78 is 4.85. The standard InChI is InChI=1S/C54H36N2.C3H6/c1-4-16-37(17-5-1)41-32-42(38-18-6-2-7-19-38)34-43(33-41)39-20-14-23-45(35-39)56-52-29-13-10-24-47(52)49-27-15-26-46(54(49)56)40-30-31-53-50(36-40)48-25-11-12-28-51(48)55(53)44-21-8-3-9-22-44;1-3-2/h1-36H;3H,1H2,2H3. The SMILES string of the molecule is C=CC.c1ccc(-c2cc(-c3ccccc3)cc(-c3cccc(-n4c5ccccc5c5cccc(-c6ccc7c(c6)c6ccccc6n7-c6ccccc6)c54)c3)c2)cc1. The van der Waals surface area contributed by atoms with Crippen LogP contribution in [0.4, 0.5) is 0 Å². The normalized spacial score (nSPS) is 11.2. The van der Waals surface area contributed by atoms with Crippen LogP contribution in [0.15, 0.2) is 231 Å². The Morgan fingerprint density at radius 3 is 1.42 bits per heavy atom. The first kappa shape index (κ1) is 35.7. The smallest absolute Gasteiger partial charge is 0.0619 e. The molecule has 0 unspecified atom stereocenters. The van der Waals surface area contributed by atoms with Crippen LogP contribution in [0.2, 0.25) is 0 Å². The van der Waals surface area contributed by atoms with Gasteiger partial charge in [0, 0.05) is 38.5 Å². The van der Waals surface area contributed by atoms with Crippen molar-refractivity contribution in [3.63, 3.8) is 0 Å². The van der Waals surface area contributed by atoms with Gasteiger partial charge in [0.05, 0.1) is 22.1 Å². The molecule has 0 aliphatic carbocycles. The second-order valence-corrected chi connectivity index (χ2v) is 15.0. The molecule has 0 amide bonds. The van der Waals surface area contributed by atoms with Gasteiger partial charge in [0.15, 0.2) is 0 Å². The maximum Gasteiger partial charge on any atom is 0.0619 e. The lowest BCUT2D eigenvalue weighted by Gasteiger charge is -2.15. The summed E-state index contributed by atoms with van der Waals surface area (Å²) in [5.74, 6) is 0. The van der Waals surface area contributed by atoms with Crippen molar-refractivity contribution in [3.8, 4) is 55.9 Å². The molecule has 0 aliphatic rings. The maximum atomic E-state index is 3.36. The van der Waals surface area contributed by atoms with E-state index >= 15 is 0 Å². The van der Waals surface area contributed by atoms with E-state index in [4.69, 9.17) is 0 Å². The third-order valence-corrected chi connectivity index (χ3v) is 11.3. The molecule has 0 radical (unpaired) electrons. The van der Waals surface area contributed by atoms with E-state index in [9.17, 15) is 0 Å². The van der Waals surface area contributed by atoms with Crippen molar-refractivity contribution < 1.29 is 0 Å². The van der Waals surface area contributed by atoms with E-state index in [0.29, 0.717) is 0 Å². The molecule has 2 nitrogen and oxygen atoms in total. The summed E-state index contributed by atoms with van der Waals surface area (Å²) in [6, 6.07) is 79.5. The summed E-state index contributed by atoms with van der Waals surface area (Å²) in [6.45, 7) is 5.25. The summed E-state index contributed by atoms with van der Waals surface area (Å²) in [4.78, 5) is 0. The van der Waals surface area contributed by atoms with Gasteiger partial charge in [-0.15, -0.1) is 6.58 Å². The molecule has 0 fully saturated rings. The highest BCUT2D eigenvalue weighted by molar-refractivity contribution is 6.15. The predicted molar refractivity (Wildman–Crippen MR) is 253 cm³/mol. The van der Waals surface area contributed by atoms with Gasteiger partial charge in [-0.1, -0.05) is 158 Å². The van der Waals surface area contributed by atoms with Crippen LogP contribution in [0.25, 0.3) is 99.5 Å². The zero-order valence-corrected chi connectivity index (χ0v) is 33.0. The zero-order chi connectivity index (χ0) is 39.7. The molecule has 0 saturated carbocycles. The number of fused-ring (bicyclic) bond motifs is 6. The average molecular weight is 755 g/mol. The Balaban J connectivity index is 0.00000136. The summed E-state index contributed by atoms with van der Waals surface area (Å²) in [7, 11) is 0. The van der Waals surface area contributed by atoms with Crippen molar-refractivity contribution in [1.82, 2.24) is 9.13 Å². The summed E-state index contributed by atoms with van der Waals surface area (Å²) in [5.41, 5.74) is 16.7. The molecule has 9 aromatic carbocycles. The van der Waals surface area contributed by atoms with Crippen LogP contribution in [0.1, 0.15) is 6.92 Å². The fourth-order valence-corrected chi connectivity index (χ4v) is 8.73. The van der Waals surface area contributed by atoms with E-state index in [1.54, 1.807) is 6.08 Å². The largest absolute Gasteiger partial charge is 0.309 e. The molecule has 11 aromatic rings. The van der Waals surface area contributed by atoms with E-state index in [-0.39, 0.29) is 0 Å². The Morgan fingerprint density at radius 2 is 0.780 bits per heavy atom. The Morgan fingerprint density at radius 1 is 0.322 bits per heavy atom. The molecule has 0 spiro atoms. The third-order valence-electron chi connectivity index (χ3n) is 11.3. The minimum Gasteiger partial charge on any atom is -0.309 e. The van der Waals surface area contributed by atoms with Crippen molar-refractivity contribution in [1.29, 1.82) is 0 Å². The topological polar surface area (TPSA) is 9.86 Å². The first-order valence-corrected chi connectivity index (χ1v) is 20.2. The molecule has 0 N–H and O–H groups in total. The van der Waals surface area contributed by atoms with Crippen molar-refractivity contribution in [2.45, 2.75) is 6.92 Å². The third kappa shape index (κ3) is 6.42. The van der Waals surface area contributed by atoms with Crippen molar-refractivity contribution in [2.24, 2.45) is 0 Å². The Labute approximate surface area is 345 Å². The number of allylic oxidation sites excluding steroid dienone is 1. The highest BCUT2D eigenvalue weighted by Crippen LogP contribution is 2.42. The Hall–Kier alpha value is -7.68. The van der Waals surface area contributed by atoms with Crippen molar-refractivity contribution in [2.75, 3.05) is 0 Å². The van der Waals surface area contributed by atoms with Crippen molar-refractivity contribution in [3.05, 3.63) is 231 Å². The molecule has 2 aromatic heterocycles. The minimum atomic E-state index is 1.13. The fourth-order valence-electron chi connectivity index (χ4n) is 8.73. The monoisotopic (exact) mass is 754 g/mol. The second-order valence-electron chi connectivity index (χ2n) is 15.0. The molecule has 0 saturated heterocycles. The highest BCUT2D eigenvalue weighted by Gasteiger charge is 2.19. The Bertz CT molecular complexity index is 3220. The van der Waals surface area contributed by atoms with Gasteiger partial charge in [-0.2, -0.15) is 0 Å². The van der Waals surface area contributed by atoms with Crippen LogP contribution in [0.3, 0.4) is 0 Å². The molecular weight excluding hydrogens is 713 g/mol. The van der Waals surface area contributed by atoms with Crippen LogP contribution in [-0.4, -0.2) is 9.13 Å². The van der Waals surface area contributed by atoms with Gasteiger partial charge < -0.3 is 9.13 Å². The van der Waals surface area contributed by atoms with Crippen molar-refractivity contribution >= 4 is 43.6 Å². The van der Waals surface area contributed by atoms with Crippen LogP contribution >= 0.6 is 0 Å². The molecule has 0 atom stereocenters. The molecule has 0 aliphatic heterocycles. The van der Waals surface area contributed by atoms with E-state index in [0.717, 1.165) is 5.69 Å². The minimum absolute atomic E-state index is 1.13.